The standard InChI is InChI=1S/C17H23N3O4/c1-3-18-6-8-19(9-7-18)17(22)11-20(13(2)21)14-4-5-15-16(10-14)24-12-23-15/h4-5,10H,3,6-9,11-12H2,1-2H3. The van der Waals surface area contributed by atoms with Gasteiger partial charge in [0.1, 0.15) is 6.54 Å². The summed E-state index contributed by atoms with van der Waals surface area (Å²) in [6, 6.07) is 5.28. The lowest BCUT2D eigenvalue weighted by atomic mass is 10.2. The molecule has 2 amide bonds. The monoisotopic (exact) mass is 333 g/mol. The minimum atomic E-state index is -0.172. The van der Waals surface area contributed by atoms with Gasteiger partial charge in [0.2, 0.25) is 18.6 Å². The first kappa shape index (κ1) is 16.6. The molecule has 1 aromatic carbocycles. The second-order valence-electron chi connectivity index (χ2n) is 5.96. The predicted molar refractivity (Wildman–Crippen MR) is 89.3 cm³/mol. The van der Waals surface area contributed by atoms with E-state index in [0.29, 0.717) is 30.3 Å². The number of benzene rings is 1. The molecule has 1 aromatic rings. The number of hydrogen-bond donors (Lipinski definition) is 0. The number of carbonyl (C=O) groups excluding carboxylic acids is 2. The SMILES string of the molecule is CCN1CCN(C(=O)CN(C(C)=O)c2ccc3c(c2)OCO3)CC1. The van der Waals surface area contributed by atoms with E-state index < -0.39 is 0 Å². The fraction of sp³-hybridized carbons (Fsp3) is 0.529. The first-order valence-corrected chi connectivity index (χ1v) is 8.26. The molecule has 0 aromatic heterocycles. The van der Waals surface area contributed by atoms with Crippen LogP contribution in [0.3, 0.4) is 0 Å². The first-order valence-electron chi connectivity index (χ1n) is 8.26. The maximum Gasteiger partial charge on any atom is 0.242 e. The number of fused-ring (bicyclic) bond motifs is 1. The Morgan fingerprint density at radius 3 is 2.50 bits per heavy atom. The number of hydrogen-bond acceptors (Lipinski definition) is 5. The van der Waals surface area contributed by atoms with Gasteiger partial charge in [-0.25, -0.2) is 0 Å². The van der Waals surface area contributed by atoms with Crippen LogP contribution in [-0.2, 0) is 9.59 Å². The Balaban J connectivity index is 1.68. The van der Waals surface area contributed by atoms with Crippen LogP contribution in [0, 0.1) is 0 Å². The molecule has 2 heterocycles. The Bertz CT molecular complexity index is 626. The third-order valence-corrected chi connectivity index (χ3v) is 4.51. The Kier molecular flexibility index (Phi) is 4.89. The molecule has 0 N–H and O–H groups in total. The molecule has 0 radical (unpaired) electrons. The third-order valence-electron chi connectivity index (χ3n) is 4.51. The van der Waals surface area contributed by atoms with Crippen LogP contribution in [0.25, 0.3) is 0 Å². The van der Waals surface area contributed by atoms with Crippen LogP contribution in [0.2, 0.25) is 0 Å². The number of likely N-dealkylation sites (N-methyl/N-ethyl adjacent to an activating group) is 1. The van der Waals surface area contributed by atoms with Crippen LogP contribution in [0.5, 0.6) is 11.5 Å². The summed E-state index contributed by atoms with van der Waals surface area (Å²) in [6.07, 6.45) is 0. The van der Waals surface area contributed by atoms with Gasteiger partial charge in [-0.15, -0.1) is 0 Å². The lowest BCUT2D eigenvalue weighted by Crippen LogP contribution is -2.51. The summed E-state index contributed by atoms with van der Waals surface area (Å²) in [5, 5.41) is 0. The van der Waals surface area contributed by atoms with E-state index in [9.17, 15) is 9.59 Å². The van der Waals surface area contributed by atoms with Crippen molar-refractivity contribution < 1.29 is 19.1 Å². The fourth-order valence-corrected chi connectivity index (χ4v) is 2.99. The van der Waals surface area contributed by atoms with Crippen LogP contribution in [0.1, 0.15) is 13.8 Å². The highest BCUT2D eigenvalue weighted by atomic mass is 16.7. The molecule has 0 bridgehead atoms. The molecule has 130 valence electrons. The summed E-state index contributed by atoms with van der Waals surface area (Å²) in [7, 11) is 0. The molecule has 0 spiro atoms. The largest absolute Gasteiger partial charge is 0.454 e. The van der Waals surface area contributed by atoms with Crippen LogP contribution in [0.4, 0.5) is 5.69 Å². The number of nitrogens with zero attached hydrogens (tertiary/aromatic N) is 3. The van der Waals surface area contributed by atoms with Crippen molar-refractivity contribution in [3.63, 3.8) is 0 Å². The van der Waals surface area contributed by atoms with E-state index >= 15 is 0 Å². The number of piperazine rings is 1. The van der Waals surface area contributed by atoms with Gasteiger partial charge in [-0.05, 0) is 18.7 Å². The summed E-state index contributed by atoms with van der Waals surface area (Å²) in [6.45, 7) is 7.98. The summed E-state index contributed by atoms with van der Waals surface area (Å²) in [4.78, 5) is 30.2. The van der Waals surface area contributed by atoms with Crippen molar-refractivity contribution in [1.29, 1.82) is 0 Å². The molecular weight excluding hydrogens is 310 g/mol. The van der Waals surface area contributed by atoms with Crippen molar-refractivity contribution >= 4 is 17.5 Å². The Morgan fingerprint density at radius 1 is 1.12 bits per heavy atom. The van der Waals surface area contributed by atoms with E-state index in [1.54, 1.807) is 18.2 Å². The zero-order valence-corrected chi connectivity index (χ0v) is 14.2. The Labute approximate surface area is 141 Å². The van der Waals surface area contributed by atoms with Crippen molar-refractivity contribution in [3.8, 4) is 11.5 Å². The van der Waals surface area contributed by atoms with Gasteiger partial charge in [-0.3, -0.25) is 9.59 Å². The smallest absolute Gasteiger partial charge is 0.242 e. The molecule has 1 saturated heterocycles. The van der Waals surface area contributed by atoms with Gasteiger partial charge in [0.25, 0.3) is 0 Å². The number of ether oxygens (including phenoxy) is 2. The lowest BCUT2D eigenvalue weighted by molar-refractivity contribution is -0.132. The highest BCUT2D eigenvalue weighted by molar-refractivity contribution is 5.97. The predicted octanol–water partition coefficient (Wildman–Crippen LogP) is 0.932. The van der Waals surface area contributed by atoms with Crippen LogP contribution >= 0.6 is 0 Å². The van der Waals surface area contributed by atoms with Gasteiger partial charge < -0.3 is 24.2 Å². The van der Waals surface area contributed by atoms with Gasteiger partial charge in [-0.1, -0.05) is 6.92 Å². The molecule has 0 atom stereocenters. The average Bonchev–Trinajstić information content (AvgIpc) is 3.06. The molecule has 7 heteroatoms. The fourth-order valence-electron chi connectivity index (χ4n) is 2.99. The maximum absolute atomic E-state index is 12.6. The highest BCUT2D eigenvalue weighted by Crippen LogP contribution is 2.35. The van der Waals surface area contributed by atoms with Gasteiger partial charge >= 0.3 is 0 Å². The van der Waals surface area contributed by atoms with Crippen molar-refractivity contribution in [2.45, 2.75) is 13.8 Å². The van der Waals surface area contributed by atoms with Crippen molar-refractivity contribution in [1.82, 2.24) is 9.80 Å². The molecular formula is C17H23N3O4. The normalized spacial score (nSPS) is 17.0. The summed E-state index contributed by atoms with van der Waals surface area (Å²) >= 11 is 0. The number of rotatable bonds is 4. The van der Waals surface area contributed by atoms with E-state index in [1.165, 1.54) is 11.8 Å². The van der Waals surface area contributed by atoms with E-state index in [2.05, 4.69) is 11.8 Å². The Hall–Kier alpha value is -2.28. The zero-order valence-electron chi connectivity index (χ0n) is 14.2. The lowest BCUT2D eigenvalue weighted by Gasteiger charge is -2.35. The van der Waals surface area contributed by atoms with Crippen molar-refractivity contribution in [3.05, 3.63) is 18.2 Å². The van der Waals surface area contributed by atoms with Crippen LogP contribution < -0.4 is 14.4 Å². The van der Waals surface area contributed by atoms with Gasteiger partial charge in [0.05, 0.1) is 0 Å². The quantitative estimate of drug-likeness (QED) is 0.820. The molecule has 3 rings (SSSR count). The number of amides is 2. The Morgan fingerprint density at radius 2 is 1.83 bits per heavy atom. The first-order chi connectivity index (χ1) is 11.6. The molecule has 2 aliphatic heterocycles. The van der Waals surface area contributed by atoms with E-state index in [1.807, 2.05) is 4.90 Å². The summed E-state index contributed by atoms with van der Waals surface area (Å²) < 4.78 is 10.6. The maximum atomic E-state index is 12.6. The molecule has 24 heavy (non-hydrogen) atoms. The van der Waals surface area contributed by atoms with Crippen molar-refractivity contribution in [2.24, 2.45) is 0 Å². The summed E-state index contributed by atoms with van der Waals surface area (Å²) in [5.41, 5.74) is 0.646. The molecule has 0 saturated carbocycles. The molecule has 0 aliphatic carbocycles. The van der Waals surface area contributed by atoms with E-state index in [4.69, 9.17) is 9.47 Å². The molecule has 7 nitrogen and oxygen atoms in total. The second kappa shape index (κ2) is 7.09. The number of anilines is 1. The minimum Gasteiger partial charge on any atom is -0.454 e. The van der Waals surface area contributed by atoms with E-state index in [-0.39, 0.29) is 25.2 Å². The van der Waals surface area contributed by atoms with Crippen LogP contribution in [0.15, 0.2) is 18.2 Å². The van der Waals surface area contributed by atoms with Crippen molar-refractivity contribution in [2.75, 3.05) is 51.0 Å². The number of carbonyl (C=O) groups is 2. The third kappa shape index (κ3) is 3.46. The van der Waals surface area contributed by atoms with E-state index in [0.717, 1.165) is 19.6 Å². The van der Waals surface area contributed by atoms with Gasteiger partial charge in [0, 0.05) is 44.9 Å². The molecule has 0 unspecified atom stereocenters. The van der Waals surface area contributed by atoms with Crippen LogP contribution in [-0.4, -0.2) is 67.7 Å². The summed E-state index contributed by atoms with van der Waals surface area (Å²) in [5.74, 6) is 1.06. The highest BCUT2D eigenvalue weighted by Gasteiger charge is 2.25. The topological polar surface area (TPSA) is 62.3 Å². The molecule has 2 aliphatic rings. The zero-order chi connectivity index (χ0) is 17.1. The average molecular weight is 333 g/mol. The van der Waals surface area contributed by atoms with Gasteiger partial charge in [-0.2, -0.15) is 0 Å². The second-order valence-corrected chi connectivity index (χ2v) is 5.96. The van der Waals surface area contributed by atoms with Gasteiger partial charge in [0.15, 0.2) is 11.5 Å². The minimum absolute atomic E-state index is 0.0291. The molecule has 1 fully saturated rings.